The van der Waals surface area contributed by atoms with Crippen LogP contribution in [0.1, 0.15) is 5.56 Å². The van der Waals surface area contributed by atoms with Gasteiger partial charge in [-0.15, -0.1) is 13.2 Å². The molecule has 0 spiro atoms. The molecule has 2 nitrogen and oxygen atoms in total. The molecule has 1 aromatic rings. The van der Waals surface area contributed by atoms with E-state index in [4.69, 9.17) is 5.73 Å². The van der Waals surface area contributed by atoms with E-state index in [9.17, 15) is 13.2 Å². The summed E-state index contributed by atoms with van der Waals surface area (Å²) in [6.07, 6.45) is -2.02. The second-order valence-corrected chi connectivity index (χ2v) is 3.29. The van der Waals surface area contributed by atoms with Crippen molar-refractivity contribution >= 4 is 23.3 Å². The fourth-order valence-corrected chi connectivity index (χ4v) is 1.08. The zero-order valence-electron chi connectivity index (χ0n) is 7.99. The average molecular weight is 247 g/mol. The third-order valence-electron chi connectivity index (χ3n) is 1.57. The lowest BCUT2D eigenvalue weighted by Crippen LogP contribution is -2.17. The monoisotopic (exact) mass is 247 g/mol. The Labute approximate surface area is 95.5 Å². The maximum Gasteiger partial charge on any atom is 0.573 e. The van der Waals surface area contributed by atoms with E-state index in [0.717, 1.165) is 0 Å². The zero-order chi connectivity index (χ0) is 12.2. The first-order valence-corrected chi connectivity index (χ1v) is 4.61. The van der Waals surface area contributed by atoms with Gasteiger partial charge in [0, 0.05) is 5.56 Å². The highest BCUT2D eigenvalue weighted by Crippen LogP contribution is 2.26. The summed E-state index contributed by atoms with van der Waals surface area (Å²) in [5.41, 5.74) is 5.46. The van der Waals surface area contributed by atoms with Crippen molar-refractivity contribution in [3.05, 3.63) is 35.9 Å². The van der Waals surface area contributed by atoms with Gasteiger partial charge in [0.15, 0.2) is 0 Å². The molecule has 2 N–H and O–H groups in total. The molecule has 0 aliphatic heterocycles. The average Bonchev–Trinajstić information content (AvgIpc) is 2.14. The standard InChI is InChI=1S/C10H8F3NOS/c11-10(12,13)15-8-4-2-1-3-7(8)5-6-9(14)16/h1-6H,(H2,14,16). The van der Waals surface area contributed by atoms with Crippen LogP contribution in [0.4, 0.5) is 13.2 Å². The van der Waals surface area contributed by atoms with Crippen LogP contribution in [0.5, 0.6) is 5.75 Å². The molecule has 0 bridgehead atoms. The van der Waals surface area contributed by atoms with Gasteiger partial charge in [0.1, 0.15) is 5.75 Å². The number of ether oxygens (including phenoxy) is 1. The predicted molar refractivity (Wildman–Crippen MR) is 58.9 cm³/mol. The Morgan fingerprint density at radius 2 is 1.94 bits per heavy atom. The second-order valence-electron chi connectivity index (χ2n) is 2.82. The number of rotatable bonds is 3. The molecule has 0 aliphatic rings. The molecule has 86 valence electrons. The number of benzene rings is 1. The molecular formula is C10H8F3NOS. The molecule has 0 heterocycles. The number of alkyl halides is 3. The van der Waals surface area contributed by atoms with Crippen LogP contribution >= 0.6 is 12.2 Å². The minimum absolute atomic E-state index is 0.0850. The summed E-state index contributed by atoms with van der Waals surface area (Å²) in [6, 6.07) is 5.71. The Bertz CT molecular complexity index is 415. The fraction of sp³-hybridized carbons (Fsp3) is 0.100. The zero-order valence-corrected chi connectivity index (χ0v) is 8.81. The molecule has 6 heteroatoms. The summed E-state index contributed by atoms with van der Waals surface area (Å²) < 4.78 is 39.9. The highest BCUT2D eigenvalue weighted by atomic mass is 32.1. The van der Waals surface area contributed by atoms with Gasteiger partial charge in [-0.2, -0.15) is 0 Å². The number of hydrogen-bond acceptors (Lipinski definition) is 2. The van der Waals surface area contributed by atoms with Gasteiger partial charge < -0.3 is 10.5 Å². The first-order valence-electron chi connectivity index (χ1n) is 4.21. The van der Waals surface area contributed by atoms with E-state index in [1.165, 1.54) is 30.4 Å². The highest BCUT2D eigenvalue weighted by molar-refractivity contribution is 7.80. The Morgan fingerprint density at radius 1 is 1.31 bits per heavy atom. The molecule has 0 aromatic heterocycles. The van der Waals surface area contributed by atoms with Crippen molar-refractivity contribution < 1.29 is 17.9 Å². The van der Waals surface area contributed by atoms with Crippen LogP contribution in [0, 0.1) is 0 Å². The highest BCUT2D eigenvalue weighted by Gasteiger charge is 2.31. The van der Waals surface area contributed by atoms with Gasteiger partial charge in [0.05, 0.1) is 4.99 Å². The fourth-order valence-electron chi connectivity index (χ4n) is 1.01. The van der Waals surface area contributed by atoms with Gasteiger partial charge in [-0.3, -0.25) is 0 Å². The van der Waals surface area contributed by atoms with Crippen LogP contribution in [0.15, 0.2) is 30.3 Å². The van der Waals surface area contributed by atoms with Gasteiger partial charge in [-0.25, -0.2) is 0 Å². The first-order chi connectivity index (χ1) is 7.38. The quantitative estimate of drug-likeness (QED) is 0.659. The van der Waals surface area contributed by atoms with E-state index >= 15 is 0 Å². The minimum atomic E-state index is -4.72. The lowest BCUT2D eigenvalue weighted by Gasteiger charge is -2.10. The van der Waals surface area contributed by atoms with Crippen molar-refractivity contribution in [3.63, 3.8) is 0 Å². The smallest absolute Gasteiger partial charge is 0.405 e. The van der Waals surface area contributed by atoms with Crippen molar-refractivity contribution in [1.82, 2.24) is 0 Å². The largest absolute Gasteiger partial charge is 0.573 e. The maximum atomic E-state index is 12.0. The predicted octanol–water partition coefficient (Wildman–Crippen LogP) is 2.88. The molecule has 0 fully saturated rings. The van der Waals surface area contributed by atoms with Crippen LogP contribution in [0.25, 0.3) is 6.08 Å². The first kappa shape index (κ1) is 12.5. The number of halogens is 3. The Kier molecular flexibility index (Phi) is 3.89. The van der Waals surface area contributed by atoms with E-state index in [0.29, 0.717) is 0 Å². The van der Waals surface area contributed by atoms with Crippen molar-refractivity contribution in [2.24, 2.45) is 5.73 Å². The van der Waals surface area contributed by atoms with Crippen LogP contribution < -0.4 is 10.5 Å². The van der Waals surface area contributed by atoms with Crippen LogP contribution in [0.2, 0.25) is 0 Å². The van der Waals surface area contributed by atoms with Gasteiger partial charge in [0.2, 0.25) is 0 Å². The third-order valence-corrected chi connectivity index (χ3v) is 1.71. The SMILES string of the molecule is NC(=S)C=Cc1ccccc1OC(F)(F)F. The van der Waals surface area contributed by atoms with E-state index in [1.807, 2.05) is 0 Å². The van der Waals surface area contributed by atoms with E-state index in [1.54, 1.807) is 6.07 Å². The molecule has 0 saturated heterocycles. The molecule has 1 rings (SSSR count). The minimum Gasteiger partial charge on any atom is -0.405 e. The summed E-state index contributed by atoms with van der Waals surface area (Å²) >= 11 is 4.58. The van der Waals surface area contributed by atoms with Crippen molar-refractivity contribution in [3.8, 4) is 5.75 Å². The molecule has 0 radical (unpaired) electrons. The summed E-state index contributed by atoms with van der Waals surface area (Å²) in [6.45, 7) is 0. The van der Waals surface area contributed by atoms with Crippen molar-refractivity contribution in [2.75, 3.05) is 0 Å². The topological polar surface area (TPSA) is 35.2 Å². The summed E-state index contributed by atoms with van der Waals surface area (Å²) in [7, 11) is 0. The Hall–Kier alpha value is -1.56. The van der Waals surface area contributed by atoms with Gasteiger partial charge in [-0.05, 0) is 18.2 Å². The molecule has 0 saturated carbocycles. The van der Waals surface area contributed by atoms with E-state index in [-0.39, 0.29) is 16.3 Å². The van der Waals surface area contributed by atoms with Crippen LogP contribution in [-0.2, 0) is 0 Å². The third kappa shape index (κ3) is 4.31. The second kappa shape index (κ2) is 4.98. The number of thiocarbonyl (C=S) groups is 1. The van der Waals surface area contributed by atoms with Gasteiger partial charge in [-0.1, -0.05) is 30.4 Å². The normalized spacial score (nSPS) is 11.7. The molecule has 0 amide bonds. The molecule has 0 unspecified atom stereocenters. The molecule has 1 aromatic carbocycles. The van der Waals surface area contributed by atoms with E-state index in [2.05, 4.69) is 17.0 Å². The lowest BCUT2D eigenvalue weighted by atomic mass is 10.2. The molecular weight excluding hydrogens is 239 g/mol. The summed E-state index contributed by atoms with van der Waals surface area (Å²) in [4.78, 5) is 0.0850. The molecule has 0 aliphatic carbocycles. The van der Waals surface area contributed by atoms with Crippen LogP contribution in [0.3, 0.4) is 0 Å². The number of nitrogens with two attached hydrogens (primary N) is 1. The van der Waals surface area contributed by atoms with Gasteiger partial charge >= 0.3 is 6.36 Å². The lowest BCUT2D eigenvalue weighted by molar-refractivity contribution is -0.274. The van der Waals surface area contributed by atoms with Crippen molar-refractivity contribution in [2.45, 2.75) is 6.36 Å². The number of hydrogen-bond donors (Lipinski definition) is 1. The Balaban J connectivity index is 2.96. The molecule has 0 atom stereocenters. The number of para-hydroxylation sites is 1. The maximum absolute atomic E-state index is 12.0. The summed E-state index contributed by atoms with van der Waals surface area (Å²) in [5.74, 6) is -0.289. The molecule has 16 heavy (non-hydrogen) atoms. The van der Waals surface area contributed by atoms with Gasteiger partial charge in [0.25, 0.3) is 0 Å². The van der Waals surface area contributed by atoms with E-state index < -0.39 is 6.36 Å². The van der Waals surface area contributed by atoms with Crippen LogP contribution in [-0.4, -0.2) is 11.4 Å². The summed E-state index contributed by atoms with van der Waals surface area (Å²) in [5, 5.41) is 0. The van der Waals surface area contributed by atoms with Crippen molar-refractivity contribution in [1.29, 1.82) is 0 Å². The Morgan fingerprint density at radius 3 is 2.50 bits per heavy atom.